The third-order valence-electron chi connectivity index (χ3n) is 3.58. The molecule has 0 aliphatic carbocycles. The lowest BCUT2D eigenvalue weighted by Crippen LogP contribution is -2.03. The van der Waals surface area contributed by atoms with Crippen LogP contribution in [0.15, 0.2) is 59.1 Å². The Labute approximate surface area is 120 Å². The summed E-state index contributed by atoms with van der Waals surface area (Å²) in [5.41, 5.74) is 2.51. The van der Waals surface area contributed by atoms with Gasteiger partial charge in [0.05, 0.1) is 0 Å². The molecule has 1 aliphatic heterocycles. The zero-order valence-corrected chi connectivity index (χ0v) is 11.8. The van der Waals surface area contributed by atoms with E-state index in [9.17, 15) is 0 Å². The highest BCUT2D eigenvalue weighted by Crippen LogP contribution is 2.41. The van der Waals surface area contributed by atoms with E-state index < -0.39 is 0 Å². The lowest BCUT2D eigenvalue weighted by Gasteiger charge is -2.21. The predicted molar refractivity (Wildman–Crippen MR) is 81.0 cm³/mol. The number of halogens is 1. The van der Waals surface area contributed by atoms with Crippen LogP contribution >= 0.6 is 15.9 Å². The second-order valence-electron chi connectivity index (χ2n) is 4.81. The molecule has 0 saturated heterocycles. The van der Waals surface area contributed by atoms with E-state index in [0.29, 0.717) is 0 Å². The third-order valence-corrected chi connectivity index (χ3v) is 4.07. The van der Waals surface area contributed by atoms with E-state index >= 15 is 0 Å². The van der Waals surface area contributed by atoms with Crippen LogP contribution in [0.3, 0.4) is 0 Å². The summed E-state index contributed by atoms with van der Waals surface area (Å²) in [5.74, 6) is 1.97. The molecule has 3 aromatic rings. The van der Waals surface area contributed by atoms with Crippen LogP contribution < -0.4 is 4.74 Å². The van der Waals surface area contributed by atoms with E-state index in [1.54, 1.807) is 0 Å². The van der Waals surface area contributed by atoms with Crippen LogP contribution in [0.25, 0.3) is 10.8 Å². The van der Waals surface area contributed by atoms with Gasteiger partial charge in [-0.15, -0.1) is 0 Å². The number of fused-ring (bicyclic) bond motifs is 4. The Morgan fingerprint density at radius 2 is 1.74 bits per heavy atom. The molecule has 0 fully saturated rings. The summed E-state index contributed by atoms with van der Waals surface area (Å²) in [6, 6.07) is 18.9. The van der Waals surface area contributed by atoms with Crippen molar-refractivity contribution >= 4 is 26.7 Å². The minimum Gasteiger partial charge on any atom is -0.456 e. The molecule has 0 amide bonds. The second-order valence-corrected chi connectivity index (χ2v) is 5.72. The molecule has 4 rings (SSSR count). The van der Waals surface area contributed by atoms with E-state index in [1.807, 2.05) is 12.1 Å². The highest BCUT2D eigenvalue weighted by Gasteiger charge is 2.18. The van der Waals surface area contributed by atoms with Crippen molar-refractivity contribution in [2.45, 2.75) is 6.42 Å². The number of hydrogen-bond acceptors (Lipinski definition) is 1. The van der Waals surface area contributed by atoms with E-state index in [1.165, 1.54) is 21.9 Å². The first-order valence-corrected chi connectivity index (χ1v) is 7.07. The summed E-state index contributed by atoms with van der Waals surface area (Å²) in [4.78, 5) is 0. The maximum absolute atomic E-state index is 6.12. The molecule has 1 heterocycles. The summed E-state index contributed by atoms with van der Waals surface area (Å²) in [6.45, 7) is 0. The maximum Gasteiger partial charge on any atom is 0.138 e. The van der Waals surface area contributed by atoms with Crippen LogP contribution in [0.1, 0.15) is 11.1 Å². The van der Waals surface area contributed by atoms with Crippen molar-refractivity contribution in [3.63, 3.8) is 0 Å². The van der Waals surface area contributed by atoms with Gasteiger partial charge in [0.1, 0.15) is 11.5 Å². The molecule has 1 nitrogen and oxygen atoms in total. The molecule has 0 N–H and O–H groups in total. The minimum atomic E-state index is 0.938. The van der Waals surface area contributed by atoms with Crippen molar-refractivity contribution in [2.75, 3.05) is 0 Å². The fourth-order valence-corrected chi connectivity index (χ4v) is 2.99. The molecule has 0 bridgehead atoms. The van der Waals surface area contributed by atoms with Crippen molar-refractivity contribution in [1.82, 2.24) is 0 Å². The zero-order valence-electron chi connectivity index (χ0n) is 10.2. The van der Waals surface area contributed by atoms with Gasteiger partial charge >= 0.3 is 0 Å². The molecule has 0 radical (unpaired) electrons. The van der Waals surface area contributed by atoms with Crippen LogP contribution in [0.2, 0.25) is 0 Å². The van der Waals surface area contributed by atoms with Crippen LogP contribution in [-0.2, 0) is 6.42 Å². The molecule has 0 saturated carbocycles. The van der Waals surface area contributed by atoms with Gasteiger partial charge in [0, 0.05) is 16.3 Å². The Morgan fingerprint density at radius 1 is 0.895 bits per heavy atom. The first-order valence-electron chi connectivity index (χ1n) is 6.28. The maximum atomic E-state index is 6.12. The normalized spacial score (nSPS) is 12.7. The predicted octanol–water partition coefficient (Wildman–Crippen LogP) is 5.30. The van der Waals surface area contributed by atoms with Gasteiger partial charge in [-0.05, 0) is 34.7 Å². The van der Waals surface area contributed by atoms with Crippen LogP contribution in [0.5, 0.6) is 11.5 Å². The van der Waals surface area contributed by atoms with Gasteiger partial charge < -0.3 is 4.74 Å². The molecule has 0 atom stereocenters. The Morgan fingerprint density at radius 3 is 2.68 bits per heavy atom. The summed E-state index contributed by atoms with van der Waals surface area (Å²) in [6.07, 6.45) is 0.938. The molecule has 0 aromatic heterocycles. The number of ether oxygens (including phenoxy) is 1. The quantitative estimate of drug-likeness (QED) is 0.428. The van der Waals surface area contributed by atoms with Crippen LogP contribution in [0.4, 0.5) is 0 Å². The highest BCUT2D eigenvalue weighted by atomic mass is 79.9. The van der Waals surface area contributed by atoms with Crippen molar-refractivity contribution in [2.24, 2.45) is 0 Å². The molecule has 2 heteroatoms. The Hall–Kier alpha value is -1.80. The van der Waals surface area contributed by atoms with Gasteiger partial charge in [-0.25, -0.2) is 0 Å². The molecule has 0 spiro atoms. The number of rotatable bonds is 0. The first-order chi connectivity index (χ1) is 9.31. The number of hydrogen-bond donors (Lipinski definition) is 0. The monoisotopic (exact) mass is 310 g/mol. The van der Waals surface area contributed by atoms with Gasteiger partial charge in [0.15, 0.2) is 0 Å². The van der Waals surface area contributed by atoms with Gasteiger partial charge in [-0.2, -0.15) is 0 Å². The van der Waals surface area contributed by atoms with Crippen molar-refractivity contribution in [1.29, 1.82) is 0 Å². The summed E-state index contributed by atoms with van der Waals surface area (Å²) < 4.78 is 7.20. The average Bonchev–Trinajstić information content (AvgIpc) is 2.45. The largest absolute Gasteiger partial charge is 0.456 e. The van der Waals surface area contributed by atoms with E-state index in [4.69, 9.17) is 4.74 Å². The minimum absolute atomic E-state index is 0.938. The van der Waals surface area contributed by atoms with Gasteiger partial charge in [-0.1, -0.05) is 52.3 Å². The van der Waals surface area contributed by atoms with Gasteiger partial charge in [0.25, 0.3) is 0 Å². The molecule has 1 aliphatic rings. The summed E-state index contributed by atoms with van der Waals surface area (Å²) >= 11 is 3.54. The standard InChI is InChI=1S/C17H11BrO/c18-14-8-7-11-5-6-13-9-12-3-1-2-4-16(12)19-17(13)15(11)10-14/h1-8,10H,9H2. The first kappa shape index (κ1) is 11.1. The topological polar surface area (TPSA) is 9.23 Å². The molecule has 0 unspecified atom stereocenters. The van der Waals surface area contributed by atoms with Crippen molar-refractivity contribution < 1.29 is 4.74 Å². The van der Waals surface area contributed by atoms with Crippen molar-refractivity contribution in [3.05, 3.63) is 70.2 Å². The Balaban J connectivity index is 1.98. The molecule has 3 aromatic carbocycles. The smallest absolute Gasteiger partial charge is 0.138 e. The SMILES string of the molecule is Brc1ccc2ccc3c(c2c1)Oc1ccccc1C3. The van der Waals surface area contributed by atoms with Gasteiger partial charge in [-0.3, -0.25) is 0 Å². The summed E-state index contributed by atoms with van der Waals surface area (Å²) in [5, 5.41) is 2.38. The van der Waals surface area contributed by atoms with Gasteiger partial charge in [0.2, 0.25) is 0 Å². The second kappa shape index (κ2) is 4.10. The number of benzene rings is 3. The lowest BCUT2D eigenvalue weighted by molar-refractivity contribution is 0.466. The third kappa shape index (κ3) is 1.75. The van der Waals surface area contributed by atoms with Crippen LogP contribution in [0, 0.1) is 0 Å². The van der Waals surface area contributed by atoms with Crippen molar-refractivity contribution in [3.8, 4) is 11.5 Å². The molecule has 19 heavy (non-hydrogen) atoms. The molecular formula is C17H11BrO. The summed E-state index contributed by atoms with van der Waals surface area (Å²) in [7, 11) is 0. The highest BCUT2D eigenvalue weighted by molar-refractivity contribution is 9.10. The molecule has 92 valence electrons. The Bertz CT molecular complexity index is 792. The van der Waals surface area contributed by atoms with E-state index in [-0.39, 0.29) is 0 Å². The fourth-order valence-electron chi connectivity index (χ4n) is 2.63. The average molecular weight is 311 g/mol. The number of para-hydroxylation sites is 1. The fraction of sp³-hybridized carbons (Fsp3) is 0.0588. The van der Waals surface area contributed by atoms with Crippen LogP contribution in [-0.4, -0.2) is 0 Å². The van der Waals surface area contributed by atoms with E-state index in [0.717, 1.165) is 22.4 Å². The Kier molecular flexibility index (Phi) is 2.39. The molecular weight excluding hydrogens is 300 g/mol. The zero-order chi connectivity index (χ0) is 12.8. The lowest BCUT2D eigenvalue weighted by atomic mass is 9.97. The van der Waals surface area contributed by atoms with E-state index in [2.05, 4.69) is 58.4 Å².